The minimum absolute atomic E-state index is 0.00721. The van der Waals surface area contributed by atoms with Gasteiger partial charge in [0, 0.05) is 6.54 Å². The molecule has 0 unspecified atom stereocenters. The lowest BCUT2D eigenvalue weighted by Crippen LogP contribution is -2.16. The highest BCUT2D eigenvalue weighted by Crippen LogP contribution is 2.37. The zero-order valence-electron chi connectivity index (χ0n) is 8.81. The van der Waals surface area contributed by atoms with E-state index in [0.29, 0.717) is 12.1 Å². The molecule has 3 N–H and O–H groups in total. The minimum Gasteiger partial charge on any atom is -0.387 e. The number of nitrogens with two attached hydrogens (primary N) is 1. The summed E-state index contributed by atoms with van der Waals surface area (Å²) >= 11 is 0. The van der Waals surface area contributed by atoms with Crippen molar-refractivity contribution in [3.63, 3.8) is 0 Å². The fourth-order valence-corrected chi connectivity index (χ4v) is 1.31. The zero-order chi connectivity index (χ0) is 14.1. The molecule has 0 amide bonds. The van der Waals surface area contributed by atoms with Crippen molar-refractivity contribution in [2.75, 3.05) is 6.54 Å². The Balaban J connectivity index is 3.39. The van der Waals surface area contributed by atoms with Crippen molar-refractivity contribution in [1.29, 1.82) is 0 Å². The molecule has 0 aliphatic rings. The predicted molar refractivity (Wildman–Crippen MR) is 50.5 cm³/mol. The average molecular weight is 273 g/mol. The van der Waals surface area contributed by atoms with E-state index in [2.05, 4.69) is 0 Å². The molecule has 0 aliphatic heterocycles. The van der Waals surface area contributed by atoms with Crippen LogP contribution in [-0.4, -0.2) is 11.7 Å². The molecule has 0 fully saturated rings. The van der Waals surface area contributed by atoms with Gasteiger partial charge in [-0.2, -0.15) is 26.3 Å². The van der Waals surface area contributed by atoms with E-state index in [1.165, 1.54) is 0 Å². The Kier molecular flexibility index (Phi) is 3.92. The Labute approximate surface area is 98.0 Å². The van der Waals surface area contributed by atoms with Gasteiger partial charge in [-0.15, -0.1) is 0 Å². The van der Waals surface area contributed by atoms with Crippen LogP contribution in [0.4, 0.5) is 26.3 Å². The van der Waals surface area contributed by atoms with Crippen LogP contribution in [0.1, 0.15) is 22.8 Å². The third-order valence-corrected chi connectivity index (χ3v) is 2.22. The molecule has 0 heterocycles. The molecule has 1 rings (SSSR count). The van der Waals surface area contributed by atoms with Gasteiger partial charge in [-0.25, -0.2) is 0 Å². The van der Waals surface area contributed by atoms with Gasteiger partial charge in [0.05, 0.1) is 17.2 Å². The lowest BCUT2D eigenvalue weighted by atomic mass is 10.0. The predicted octanol–water partition coefficient (Wildman–Crippen LogP) is 2.72. The Morgan fingerprint density at radius 3 is 1.61 bits per heavy atom. The van der Waals surface area contributed by atoms with Crippen LogP contribution in [-0.2, 0) is 12.4 Å². The van der Waals surface area contributed by atoms with E-state index in [0.717, 1.165) is 0 Å². The van der Waals surface area contributed by atoms with Crippen LogP contribution in [0.5, 0.6) is 0 Å². The summed E-state index contributed by atoms with van der Waals surface area (Å²) in [5, 5.41) is 9.25. The van der Waals surface area contributed by atoms with Gasteiger partial charge < -0.3 is 10.8 Å². The maximum Gasteiger partial charge on any atom is 0.416 e. The van der Waals surface area contributed by atoms with Gasteiger partial charge in [-0.1, -0.05) is 0 Å². The van der Waals surface area contributed by atoms with E-state index >= 15 is 0 Å². The first kappa shape index (κ1) is 14.8. The zero-order valence-corrected chi connectivity index (χ0v) is 8.81. The first-order chi connectivity index (χ1) is 8.05. The fourth-order valence-electron chi connectivity index (χ4n) is 1.31. The molecule has 0 spiro atoms. The molecule has 18 heavy (non-hydrogen) atoms. The van der Waals surface area contributed by atoms with Crippen LogP contribution in [0.15, 0.2) is 18.2 Å². The van der Waals surface area contributed by atoms with Crippen LogP contribution in [0.2, 0.25) is 0 Å². The second-order valence-corrected chi connectivity index (χ2v) is 3.59. The van der Waals surface area contributed by atoms with E-state index in [4.69, 9.17) is 5.73 Å². The Bertz CT molecular complexity index is 393. The summed E-state index contributed by atoms with van der Waals surface area (Å²) in [5.41, 5.74) is 1.55. The van der Waals surface area contributed by atoms with Gasteiger partial charge in [0.1, 0.15) is 0 Å². The number of aliphatic hydroxyl groups is 1. The number of aliphatic hydroxyl groups excluding tert-OH is 1. The van der Waals surface area contributed by atoms with E-state index in [1.54, 1.807) is 0 Å². The molecule has 0 radical (unpaired) electrons. The maximum atomic E-state index is 12.4. The highest BCUT2D eigenvalue weighted by molar-refractivity contribution is 5.34. The Morgan fingerprint density at radius 1 is 0.944 bits per heavy atom. The van der Waals surface area contributed by atoms with Crippen LogP contribution in [0, 0.1) is 0 Å². The van der Waals surface area contributed by atoms with Gasteiger partial charge in [-0.3, -0.25) is 0 Å². The third-order valence-electron chi connectivity index (χ3n) is 2.22. The summed E-state index contributed by atoms with van der Waals surface area (Å²) < 4.78 is 74.5. The number of rotatable bonds is 2. The lowest BCUT2D eigenvalue weighted by Gasteiger charge is -2.16. The van der Waals surface area contributed by atoms with Crippen molar-refractivity contribution in [3.8, 4) is 0 Å². The van der Waals surface area contributed by atoms with Crippen molar-refractivity contribution in [3.05, 3.63) is 34.9 Å². The number of halogens is 6. The Hall–Kier alpha value is -1.28. The van der Waals surface area contributed by atoms with Gasteiger partial charge in [0.25, 0.3) is 0 Å². The topological polar surface area (TPSA) is 46.2 Å². The maximum absolute atomic E-state index is 12.4. The SMILES string of the molecule is NC[C@@H](O)c1cc(C(F)(F)F)cc(C(F)(F)F)c1. The van der Waals surface area contributed by atoms with E-state index < -0.39 is 41.7 Å². The smallest absolute Gasteiger partial charge is 0.387 e. The molecule has 2 nitrogen and oxygen atoms in total. The molecule has 1 atom stereocenters. The summed E-state index contributed by atoms with van der Waals surface area (Å²) in [6, 6.07) is 0.895. The third kappa shape index (κ3) is 3.36. The first-order valence-electron chi connectivity index (χ1n) is 4.73. The number of hydrogen-bond acceptors (Lipinski definition) is 2. The minimum atomic E-state index is -4.93. The second-order valence-electron chi connectivity index (χ2n) is 3.59. The first-order valence-corrected chi connectivity index (χ1v) is 4.73. The summed E-state index contributed by atoms with van der Waals surface area (Å²) in [4.78, 5) is 0. The van der Waals surface area contributed by atoms with Crippen LogP contribution in [0.25, 0.3) is 0 Å². The Morgan fingerprint density at radius 2 is 1.33 bits per heavy atom. The van der Waals surface area contributed by atoms with Crippen molar-refractivity contribution in [2.45, 2.75) is 18.5 Å². The standard InChI is InChI=1S/C10H9F6NO/c11-9(12,13)6-1-5(8(18)4-17)2-7(3-6)10(14,15)16/h1-3,8,18H,4,17H2/t8-/m1/s1. The van der Waals surface area contributed by atoms with Crippen molar-refractivity contribution in [1.82, 2.24) is 0 Å². The fraction of sp³-hybridized carbons (Fsp3) is 0.400. The summed E-state index contributed by atoms with van der Waals surface area (Å²) in [6.07, 6.45) is -11.4. The highest BCUT2D eigenvalue weighted by Gasteiger charge is 2.37. The molecule has 0 aromatic heterocycles. The summed E-state index contributed by atoms with van der Waals surface area (Å²) in [7, 11) is 0. The van der Waals surface area contributed by atoms with Crippen molar-refractivity contribution >= 4 is 0 Å². The van der Waals surface area contributed by atoms with Crippen LogP contribution >= 0.6 is 0 Å². The van der Waals surface area contributed by atoms with E-state index in [1.807, 2.05) is 0 Å². The summed E-state index contributed by atoms with van der Waals surface area (Å²) in [5.74, 6) is 0. The van der Waals surface area contributed by atoms with Gasteiger partial charge >= 0.3 is 12.4 Å². The summed E-state index contributed by atoms with van der Waals surface area (Å²) in [6.45, 7) is -0.474. The number of alkyl halides is 6. The average Bonchev–Trinajstić information content (AvgIpc) is 2.25. The van der Waals surface area contributed by atoms with Gasteiger partial charge in [0.2, 0.25) is 0 Å². The molecule has 102 valence electrons. The van der Waals surface area contributed by atoms with Crippen molar-refractivity contribution in [2.24, 2.45) is 5.73 Å². The molecule has 0 bridgehead atoms. The molecule has 0 saturated heterocycles. The van der Waals surface area contributed by atoms with Crippen LogP contribution < -0.4 is 5.73 Å². The largest absolute Gasteiger partial charge is 0.416 e. The van der Waals surface area contributed by atoms with Crippen molar-refractivity contribution < 1.29 is 31.4 Å². The number of hydrogen-bond donors (Lipinski definition) is 2. The monoisotopic (exact) mass is 273 g/mol. The molecule has 0 aliphatic carbocycles. The number of benzene rings is 1. The van der Waals surface area contributed by atoms with Gasteiger partial charge in [0.15, 0.2) is 0 Å². The van der Waals surface area contributed by atoms with E-state index in [-0.39, 0.29) is 6.07 Å². The molecule has 8 heteroatoms. The molecule has 1 aromatic carbocycles. The second kappa shape index (κ2) is 4.77. The molecular formula is C10H9F6NO. The lowest BCUT2D eigenvalue weighted by molar-refractivity contribution is -0.143. The van der Waals surface area contributed by atoms with Crippen LogP contribution in [0.3, 0.4) is 0 Å². The molecule has 1 aromatic rings. The molecule has 0 saturated carbocycles. The van der Waals surface area contributed by atoms with E-state index in [9.17, 15) is 31.4 Å². The quantitative estimate of drug-likeness (QED) is 0.814. The van der Waals surface area contributed by atoms with Gasteiger partial charge in [-0.05, 0) is 23.8 Å². The molecular weight excluding hydrogens is 264 g/mol. The normalized spacial score (nSPS) is 14.7. The highest BCUT2D eigenvalue weighted by atomic mass is 19.4.